The van der Waals surface area contributed by atoms with E-state index in [0.717, 1.165) is 12.0 Å². The molecule has 1 rings (SSSR count). The molecule has 0 atom stereocenters. The number of hydrogen-bond acceptors (Lipinski definition) is 4. The molecule has 4 heteroatoms. The number of hydrogen-bond donors (Lipinski definition) is 3. The fourth-order valence-corrected chi connectivity index (χ4v) is 0.980. The number of hydrazine groups is 1. The number of rotatable bonds is 1. The normalized spacial score (nSPS) is 17.3. The molecular weight excluding hydrogens is 154 g/mol. The molecule has 1 heterocycles. The molecule has 0 radical (unpaired) electrons. The summed E-state index contributed by atoms with van der Waals surface area (Å²) in [5, 5.41) is 9.34. The maximum atomic E-state index is 9.34. The second kappa shape index (κ2) is 3.92. The Bertz CT molecular complexity index is 253. The van der Waals surface area contributed by atoms with Gasteiger partial charge < -0.3 is 10.5 Å². The molecule has 0 aromatic carbocycles. The molecular formula is C8H13N3O. The molecule has 0 spiro atoms. The Hall–Kier alpha value is -1.29. The minimum Gasteiger partial charge on any atom is -0.512 e. The first kappa shape index (κ1) is 8.80. The fourth-order valence-electron chi connectivity index (χ4n) is 0.980. The smallest absolute Gasteiger partial charge is 0.143 e. The van der Waals surface area contributed by atoms with E-state index in [0.29, 0.717) is 12.3 Å². The molecule has 0 unspecified atom stereocenters. The predicted octanol–water partition coefficient (Wildman–Crippen LogP) is 0.988. The molecule has 0 fully saturated rings. The van der Waals surface area contributed by atoms with Crippen LogP contribution < -0.4 is 11.3 Å². The average molecular weight is 167 g/mol. The zero-order valence-corrected chi connectivity index (χ0v) is 7.04. The van der Waals surface area contributed by atoms with Crippen molar-refractivity contribution in [3.05, 3.63) is 23.6 Å². The number of amidine groups is 1. The Morgan fingerprint density at radius 2 is 2.50 bits per heavy atom. The van der Waals surface area contributed by atoms with Crippen molar-refractivity contribution < 1.29 is 5.11 Å². The van der Waals surface area contributed by atoms with Crippen molar-refractivity contribution in [1.82, 2.24) is 5.43 Å². The number of aliphatic imine (C=N–C) groups is 1. The molecule has 0 saturated carbocycles. The van der Waals surface area contributed by atoms with E-state index in [4.69, 9.17) is 5.84 Å². The lowest BCUT2D eigenvalue weighted by atomic mass is 10.1. The van der Waals surface area contributed by atoms with Crippen molar-refractivity contribution in [3.8, 4) is 0 Å². The molecule has 1 aliphatic heterocycles. The fraction of sp³-hybridized carbons (Fsp3) is 0.375. The molecule has 66 valence electrons. The van der Waals surface area contributed by atoms with Gasteiger partial charge in [0.05, 0.1) is 0 Å². The lowest BCUT2D eigenvalue weighted by Crippen LogP contribution is -2.28. The van der Waals surface area contributed by atoms with Crippen LogP contribution in [0.25, 0.3) is 0 Å². The zero-order chi connectivity index (χ0) is 8.97. The van der Waals surface area contributed by atoms with Gasteiger partial charge in [-0.15, -0.1) is 0 Å². The van der Waals surface area contributed by atoms with Crippen molar-refractivity contribution >= 4 is 5.84 Å². The summed E-state index contributed by atoms with van der Waals surface area (Å²) in [6, 6.07) is 0. The van der Waals surface area contributed by atoms with Crippen LogP contribution in [0.2, 0.25) is 0 Å². The van der Waals surface area contributed by atoms with Crippen LogP contribution in [0.4, 0.5) is 0 Å². The van der Waals surface area contributed by atoms with Gasteiger partial charge in [0.25, 0.3) is 0 Å². The summed E-state index contributed by atoms with van der Waals surface area (Å²) in [6.45, 7) is 2.02. The molecule has 0 aromatic rings. The lowest BCUT2D eigenvalue weighted by Gasteiger charge is -1.99. The zero-order valence-electron chi connectivity index (χ0n) is 7.04. The van der Waals surface area contributed by atoms with E-state index in [1.54, 1.807) is 6.20 Å². The molecule has 1 aliphatic rings. The molecule has 12 heavy (non-hydrogen) atoms. The number of aliphatic hydroxyl groups is 1. The quantitative estimate of drug-likeness (QED) is 0.403. The highest BCUT2D eigenvalue weighted by atomic mass is 16.3. The van der Waals surface area contributed by atoms with Gasteiger partial charge >= 0.3 is 0 Å². The predicted molar refractivity (Wildman–Crippen MR) is 48.5 cm³/mol. The first-order valence-electron chi connectivity index (χ1n) is 3.88. The first-order chi connectivity index (χ1) is 5.76. The van der Waals surface area contributed by atoms with E-state index < -0.39 is 0 Å². The van der Waals surface area contributed by atoms with Crippen molar-refractivity contribution in [3.63, 3.8) is 0 Å². The van der Waals surface area contributed by atoms with Crippen LogP contribution in [0.15, 0.2) is 28.6 Å². The van der Waals surface area contributed by atoms with Crippen molar-refractivity contribution in [2.45, 2.75) is 19.8 Å². The highest BCUT2D eigenvalue weighted by Gasteiger charge is 2.04. The first-order valence-corrected chi connectivity index (χ1v) is 3.88. The third-order valence-corrected chi connectivity index (χ3v) is 1.70. The van der Waals surface area contributed by atoms with E-state index >= 15 is 0 Å². The summed E-state index contributed by atoms with van der Waals surface area (Å²) in [4.78, 5) is 4.03. The summed E-state index contributed by atoms with van der Waals surface area (Å²) in [5.74, 6) is 5.93. The Balaban J connectivity index is 2.85. The van der Waals surface area contributed by atoms with Crippen LogP contribution in [-0.2, 0) is 0 Å². The van der Waals surface area contributed by atoms with Gasteiger partial charge in [0.1, 0.15) is 11.6 Å². The maximum absolute atomic E-state index is 9.34. The van der Waals surface area contributed by atoms with Crippen molar-refractivity contribution in [2.75, 3.05) is 0 Å². The van der Waals surface area contributed by atoms with Gasteiger partial charge in [0.2, 0.25) is 0 Å². The van der Waals surface area contributed by atoms with Gasteiger partial charge in [-0.3, -0.25) is 0 Å². The summed E-state index contributed by atoms with van der Waals surface area (Å²) >= 11 is 0. The van der Waals surface area contributed by atoms with Crippen molar-refractivity contribution in [1.29, 1.82) is 0 Å². The number of nitrogens with one attached hydrogen (secondary N) is 1. The number of nitrogens with zero attached hydrogens (tertiary/aromatic N) is 1. The van der Waals surface area contributed by atoms with E-state index in [2.05, 4.69) is 10.4 Å². The number of allylic oxidation sites excluding steroid dienone is 1. The van der Waals surface area contributed by atoms with Crippen LogP contribution >= 0.6 is 0 Å². The Labute approximate surface area is 71.5 Å². The molecule has 0 aliphatic carbocycles. The van der Waals surface area contributed by atoms with Crippen LogP contribution in [-0.4, -0.2) is 10.9 Å². The summed E-state index contributed by atoms with van der Waals surface area (Å²) in [5.41, 5.74) is 3.48. The van der Waals surface area contributed by atoms with Crippen molar-refractivity contribution in [2.24, 2.45) is 10.8 Å². The monoisotopic (exact) mass is 167 g/mol. The largest absolute Gasteiger partial charge is 0.512 e. The SMILES string of the molecule is CCC1=CN=C(NN)C=C(O)C1. The van der Waals surface area contributed by atoms with Crippen LogP contribution in [0.1, 0.15) is 19.8 Å². The van der Waals surface area contributed by atoms with Crippen LogP contribution in [0.5, 0.6) is 0 Å². The second-order valence-corrected chi connectivity index (χ2v) is 2.61. The summed E-state index contributed by atoms with van der Waals surface area (Å²) in [6.07, 6.45) is 4.71. The maximum Gasteiger partial charge on any atom is 0.143 e. The van der Waals surface area contributed by atoms with E-state index in [-0.39, 0.29) is 5.76 Å². The topological polar surface area (TPSA) is 70.6 Å². The second-order valence-electron chi connectivity index (χ2n) is 2.61. The Kier molecular flexibility index (Phi) is 2.88. The average Bonchev–Trinajstić information content (AvgIpc) is 2.26. The molecule has 0 amide bonds. The summed E-state index contributed by atoms with van der Waals surface area (Å²) < 4.78 is 0. The molecule has 0 aromatic heterocycles. The van der Waals surface area contributed by atoms with E-state index in [1.165, 1.54) is 6.08 Å². The molecule has 4 N–H and O–H groups in total. The van der Waals surface area contributed by atoms with Gasteiger partial charge in [0.15, 0.2) is 0 Å². The Morgan fingerprint density at radius 3 is 3.08 bits per heavy atom. The minimum atomic E-state index is 0.289. The van der Waals surface area contributed by atoms with Crippen LogP contribution in [0.3, 0.4) is 0 Å². The highest BCUT2D eigenvalue weighted by Crippen LogP contribution is 2.14. The van der Waals surface area contributed by atoms with Gasteiger partial charge in [-0.25, -0.2) is 10.8 Å². The van der Waals surface area contributed by atoms with Gasteiger partial charge in [0, 0.05) is 18.7 Å². The molecule has 0 bridgehead atoms. The number of nitrogens with two attached hydrogens (primary N) is 1. The third kappa shape index (κ3) is 2.10. The lowest BCUT2D eigenvalue weighted by molar-refractivity contribution is 0.398. The standard InChI is InChI=1S/C8H13N3O/c1-2-6-3-7(12)4-8(11-9)10-5-6/h4-5,12H,2-3,9H2,1H3,(H,10,11). The van der Waals surface area contributed by atoms with E-state index in [1.807, 2.05) is 6.92 Å². The van der Waals surface area contributed by atoms with E-state index in [9.17, 15) is 5.11 Å². The summed E-state index contributed by atoms with van der Waals surface area (Å²) in [7, 11) is 0. The van der Waals surface area contributed by atoms with Gasteiger partial charge in [-0.05, 0) is 12.0 Å². The van der Waals surface area contributed by atoms with Gasteiger partial charge in [-0.2, -0.15) is 0 Å². The third-order valence-electron chi connectivity index (χ3n) is 1.70. The molecule has 4 nitrogen and oxygen atoms in total. The van der Waals surface area contributed by atoms with Crippen LogP contribution in [0, 0.1) is 0 Å². The Morgan fingerprint density at radius 1 is 1.75 bits per heavy atom. The number of aliphatic hydroxyl groups excluding tert-OH is 1. The van der Waals surface area contributed by atoms with Gasteiger partial charge in [-0.1, -0.05) is 6.92 Å². The molecule has 0 saturated heterocycles. The minimum absolute atomic E-state index is 0.289. The highest BCUT2D eigenvalue weighted by molar-refractivity contribution is 5.93.